The van der Waals surface area contributed by atoms with E-state index < -0.39 is 0 Å². The van der Waals surface area contributed by atoms with Crippen LogP contribution in [0, 0.1) is 0 Å². The summed E-state index contributed by atoms with van der Waals surface area (Å²) in [7, 11) is 0. The van der Waals surface area contributed by atoms with Gasteiger partial charge >= 0.3 is 0 Å². The topological polar surface area (TPSA) is 66.0 Å². The highest BCUT2D eigenvalue weighted by Crippen LogP contribution is 2.22. The number of aryl methyl sites for hydroxylation is 2. The number of rotatable bonds is 5. The Morgan fingerprint density at radius 1 is 1.44 bits per heavy atom. The normalized spacial score (nSPS) is 19.4. The maximum absolute atomic E-state index is 5.32. The van der Waals surface area contributed by atoms with Gasteiger partial charge in [0.1, 0.15) is 0 Å². The fourth-order valence-corrected chi connectivity index (χ4v) is 2.10. The van der Waals surface area contributed by atoms with Crippen LogP contribution in [-0.4, -0.2) is 33.1 Å². The molecule has 0 aliphatic carbocycles. The Hall–Kier alpha value is -1.69. The fourth-order valence-electron chi connectivity index (χ4n) is 2.10. The van der Waals surface area contributed by atoms with Crippen LogP contribution in [0.25, 0.3) is 0 Å². The minimum atomic E-state index is 0.314. The highest BCUT2D eigenvalue weighted by atomic mass is 16.5. The van der Waals surface area contributed by atoms with Crippen molar-refractivity contribution in [2.24, 2.45) is 0 Å². The molecule has 0 radical (unpaired) electrons. The van der Waals surface area contributed by atoms with E-state index in [2.05, 4.69) is 15.2 Å². The smallest absolute Gasteiger partial charge is 0.226 e. The van der Waals surface area contributed by atoms with Crippen LogP contribution in [0.1, 0.15) is 30.5 Å². The number of hydrogen-bond donors (Lipinski definition) is 0. The average molecular weight is 248 g/mol. The van der Waals surface area contributed by atoms with Crippen molar-refractivity contribution in [1.29, 1.82) is 0 Å². The Morgan fingerprint density at radius 3 is 3.22 bits per heavy atom. The summed E-state index contributed by atoms with van der Waals surface area (Å²) in [6, 6.07) is 1.92. The number of aromatic nitrogens is 4. The molecule has 0 saturated carbocycles. The van der Waals surface area contributed by atoms with Crippen LogP contribution >= 0.6 is 0 Å². The molecular formula is C12H16N4O2. The largest absolute Gasteiger partial charge is 0.381 e. The summed E-state index contributed by atoms with van der Waals surface area (Å²) in [5, 5.41) is 8.17. The third-order valence-electron chi connectivity index (χ3n) is 3.12. The monoisotopic (exact) mass is 248 g/mol. The van der Waals surface area contributed by atoms with E-state index in [4.69, 9.17) is 9.26 Å². The molecule has 1 aliphatic heterocycles. The summed E-state index contributed by atoms with van der Waals surface area (Å²) < 4.78 is 12.5. The van der Waals surface area contributed by atoms with E-state index in [0.717, 1.165) is 38.2 Å². The Kier molecular flexibility index (Phi) is 3.36. The molecule has 2 aromatic heterocycles. The molecule has 0 aromatic carbocycles. The zero-order valence-electron chi connectivity index (χ0n) is 10.2. The lowest BCUT2D eigenvalue weighted by molar-refractivity contribution is 0.192. The lowest BCUT2D eigenvalue weighted by Crippen LogP contribution is -2.01. The summed E-state index contributed by atoms with van der Waals surface area (Å²) in [5.41, 5.74) is 0. The molecule has 6 heteroatoms. The molecule has 1 atom stereocenters. The molecule has 0 unspecified atom stereocenters. The van der Waals surface area contributed by atoms with Crippen LogP contribution in [0.2, 0.25) is 0 Å². The SMILES string of the molecule is c1cnn(CCCc2nc([C@@H]3CCOC3)no2)c1. The maximum Gasteiger partial charge on any atom is 0.226 e. The van der Waals surface area contributed by atoms with Crippen molar-refractivity contribution < 1.29 is 9.26 Å². The van der Waals surface area contributed by atoms with Gasteiger partial charge in [-0.2, -0.15) is 10.1 Å². The lowest BCUT2D eigenvalue weighted by Gasteiger charge is -1.98. The van der Waals surface area contributed by atoms with Gasteiger partial charge in [0.25, 0.3) is 0 Å². The quantitative estimate of drug-likeness (QED) is 0.800. The zero-order valence-corrected chi connectivity index (χ0v) is 10.2. The Bertz CT molecular complexity index is 474. The van der Waals surface area contributed by atoms with Gasteiger partial charge in [0.2, 0.25) is 5.89 Å². The molecule has 96 valence electrons. The van der Waals surface area contributed by atoms with Crippen LogP contribution in [-0.2, 0) is 17.7 Å². The van der Waals surface area contributed by atoms with E-state index in [1.54, 1.807) is 6.20 Å². The van der Waals surface area contributed by atoms with Gasteiger partial charge in [-0.3, -0.25) is 4.68 Å². The molecule has 1 fully saturated rings. The van der Waals surface area contributed by atoms with Crippen LogP contribution in [0.4, 0.5) is 0 Å². The molecule has 0 spiro atoms. The molecule has 3 rings (SSSR count). The van der Waals surface area contributed by atoms with E-state index in [9.17, 15) is 0 Å². The molecule has 18 heavy (non-hydrogen) atoms. The van der Waals surface area contributed by atoms with Crippen LogP contribution in [0.15, 0.2) is 23.0 Å². The van der Waals surface area contributed by atoms with Gasteiger partial charge in [-0.25, -0.2) is 0 Å². The predicted molar refractivity (Wildman–Crippen MR) is 63.0 cm³/mol. The fraction of sp³-hybridized carbons (Fsp3) is 0.583. The number of ether oxygens (including phenoxy) is 1. The molecule has 2 aromatic rings. The first-order valence-electron chi connectivity index (χ1n) is 6.29. The van der Waals surface area contributed by atoms with Gasteiger partial charge in [0, 0.05) is 37.9 Å². The summed E-state index contributed by atoms with van der Waals surface area (Å²) in [6.45, 7) is 2.39. The van der Waals surface area contributed by atoms with Gasteiger partial charge in [-0.1, -0.05) is 5.16 Å². The van der Waals surface area contributed by atoms with E-state index in [1.165, 1.54) is 0 Å². The first-order chi connectivity index (χ1) is 8.92. The number of nitrogens with zero attached hydrogens (tertiary/aromatic N) is 4. The van der Waals surface area contributed by atoms with E-state index in [1.807, 2.05) is 16.9 Å². The average Bonchev–Trinajstić information content (AvgIpc) is 3.12. The van der Waals surface area contributed by atoms with E-state index in [0.29, 0.717) is 18.4 Å². The second-order valence-corrected chi connectivity index (χ2v) is 4.48. The van der Waals surface area contributed by atoms with Crippen molar-refractivity contribution in [2.75, 3.05) is 13.2 Å². The molecule has 0 amide bonds. The highest BCUT2D eigenvalue weighted by Gasteiger charge is 2.22. The van der Waals surface area contributed by atoms with Crippen molar-refractivity contribution >= 4 is 0 Å². The summed E-state index contributed by atoms with van der Waals surface area (Å²) in [6.07, 6.45) is 6.47. The second-order valence-electron chi connectivity index (χ2n) is 4.48. The van der Waals surface area contributed by atoms with E-state index in [-0.39, 0.29) is 0 Å². The Labute approximate surface area is 105 Å². The summed E-state index contributed by atoms with van der Waals surface area (Å²) in [5.74, 6) is 1.82. The van der Waals surface area contributed by atoms with Crippen molar-refractivity contribution in [3.8, 4) is 0 Å². The highest BCUT2D eigenvalue weighted by molar-refractivity contribution is 4.97. The van der Waals surface area contributed by atoms with Crippen molar-refractivity contribution in [3.63, 3.8) is 0 Å². The molecule has 3 heterocycles. The third kappa shape index (κ3) is 2.59. The molecular weight excluding hydrogens is 232 g/mol. The van der Waals surface area contributed by atoms with Gasteiger partial charge in [0.05, 0.1) is 6.61 Å². The number of hydrogen-bond acceptors (Lipinski definition) is 5. The first-order valence-corrected chi connectivity index (χ1v) is 6.29. The van der Waals surface area contributed by atoms with E-state index >= 15 is 0 Å². The molecule has 0 bridgehead atoms. The van der Waals surface area contributed by atoms with Gasteiger partial charge < -0.3 is 9.26 Å². The van der Waals surface area contributed by atoms with Crippen LogP contribution < -0.4 is 0 Å². The molecule has 0 N–H and O–H groups in total. The van der Waals surface area contributed by atoms with Crippen molar-refractivity contribution in [1.82, 2.24) is 19.9 Å². The minimum Gasteiger partial charge on any atom is -0.381 e. The zero-order chi connectivity index (χ0) is 12.2. The lowest BCUT2D eigenvalue weighted by atomic mass is 10.1. The second kappa shape index (κ2) is 5.30. The van der Waals surface area contributed by atoms with Gasteiger partial charge in [-0.05, 0) is 18.9 Å². The first kappa shape index (κ1) is 11.4. The van der Waals surface area contributed by atoms with Crippen molar-refractivity contribution in [3.05, 3.63) is 30.2 Å². The van der Waals surface area contributed by atoms with Crippen LogP contribution in [0.3, 0.4) is 0 Å². The summed E-state index contributed by atoms with van der Waals surface area (Å²) >= 11 is 0. The Balaban J connectivity index is 1.50. The molecule has 6 nitrogen and oxygen atoms in total. The standard InChI is InChI=1S/C12H16N4O2/c1(6-16-7-2-5-13-16)3-11-14-12(15-18-11)10-4-8-17-9-10/h2,5,7,10H,1,3-4,6,8-9H2/t10-/m1/s1. The molecule has 1 aliphatic rings. The summed E-state index contributed by atoms with van der Waals surface area (Å²) in [4.78, 5) is 4.42. The molecule has 1 saturated heterocycles. The van der Waals surface area contributed by atoms with Crippen LogP contribution in [0.5, 0.6) is 0 Å². The van der Waals surface area contributed by atoms with Crippen molar-refractivity contribution in [2.45, 2.75) is 31.7 Å². The minimum absolute atomic E-state index is 0.314. The maximum atomic E-state index is 5.32. The third-order valence-corrected chi connectivity index (χ3v) is 3.12. The van der Waals surface area contributed by atoms with Gasteiger partial charge in [-0.15, -0.1) is 0 Å². The van der Waals surface area contributed by atoms with Gasteiger partial charge in [0.15, 0.2) is 5.82 Å². The predicted octanol–water partition coefficient (Wildman–Crippen LogP) is 1.40. The Morgan fingerprint density at radius 2 is 2.44 bits per heavy atom.